The van der Waals surface area contributed by atoms with Crippen LogP contribution in [0.15, 0.2) is 18.2 Å². The number of methoxy groups -OCH3 is 1. The van der Waals surface area contributed by atoms with Gasteiger partial charge in [-0.2, -0.15) is 8.78 Å². The molecule has 1 atom stereocenters. The normalized spacial score (nSPS) is 18.9. The van der Waals surface area contributed by atoms with Crippen LogP contribution in [0.3, 0.4) is 0 Å². The molecule has 1 aliphatic rings. The fraction of sp³-hybridized carbons (Fsp3) is 0.625. The van der Waals surface area contributed by atoms with Crippen LogP contribution in [-0.4, -0.2) is 44.8 Å². The zero-order chi connectivity index (χ0) is 15.9. The number of nitrogens with zero attached hydrogens (tertiary/aromatic N) is 1. The number of likely N-dealkylation sites (tertiary alicyclic amines) is 1. The van der Waals surface area contributed by atoms with E-state index < -0.39 is 6.61 Å². The Kier molecular flexibility index (Phi) is 6.39. The van der Waals surface area contributed by atoms with Gasteiger partial charge in [-0.15, -0.1) is 0 Å². The minimum absolute atomic E-state index is 0.0785. The van der Waals surface area contributed by atoms with E-state index in [0.29, 0.717) is 18.2 Å². The van der Waals surface area contributed by atoms with Crippen molar-refractivity contribution in [3.8, 4) is 11.5 Å². The van der Waals surface area contributed by atoms with Gasteiger partial charge in [0, 0.05) is 13.1 Å². The van der Waals surface area contributed by atoms with Crippen LogP contribution >= 0.6 is 0 Å². The fourth-order valence-corrected chi connectivity index (χ4v) is 2.81. The van der Waals surface area contributed by atoms with Crippen LogP contribution < -0.4 is 14.8 Å². The predicted molar refractivity (Wildman–Crippen MR) is 81.6 cm³/mol. The lowest BCUT2D eigenvalue weighted by atomic mass is 10.1. The SMILES string of the molecule is CCN1CCC(CNCc2ccc(OC)c(OC(F)F)c2)C1. The zero-order valence-electron chi connectivity index (χ0n) is 13.1. The molecule has 124 valence electrons. The highest BCUT2D eigenvalue weighted by Crippen LogP contribution is 2.29. The molecule has 0 amide bonds. The molecule has 2 rings (SSSR count). The quantitative estimate of drug-likeness (QED) is 0.800. The Labute approximate surface area is 130 Å². The Balaban J connectivity index is 1.85. The number of rotatable bonds is 8. The van der Waals surface area contributed by atoms with Crippen molar-refractivity contribution < 1.29 is 18.3 Å². The average molecular weight is 314 g/mol. The fourth-order valence-electron chi connectivity index (χ4n) is 2.81. The Morgan fingerprint density at radius 1 is 1.36 bits per heavy atom. The molecule has 0 radical (unpaired) electrons. The molecule has 1 fully saturated rings. The number of alkyl halides is 2. The highest BCUT2D eigenvalue weighted by Gasteiger charge is 2.20. The molecule has 1 unspecified atom stereocenters. The molecule has 0 saturated carbocycles. The number of nitrogens with one attached hydrogen (secondary N) is 1. The van der Waals surface area contributed by atoms with Gasteiger partial charge in [-0.1, -0.05) is 13.0 Å². The van der Waals surface area contributed by atoms with E-state index in [-0.39, 0.29) is 5.75 Å². The van der Waals surface area contributed by atoms with E-state index in [2.05, 4.69) is 21.9 Å². The van der Waals surface area contributed by atoms with E-state index >= 15 is 0 Å². The lowest BCUT2D eigenvalue weighted by molar-refractivity contribution is -0.0512. The van der Waals surface area contributed by atoms with Gasteiger partial charge in [-0.05, 0) is 49.7 Å². The third-order valence-electron chi connectivity index (χ3n) is 4.02. The Bertz CT molecular complexity index is 471. The summed E-state index contributed by atoms with van der Waals surface area (Å²) in [6, 6.07) is 5.12. The van der Waals surface area contributed by atoms with Crippen molar-refractivity contribution in [3.05, 3.63) is 23.8 Å². The molecule has 0 bridgehead atoms. The molecule has 22 heavy (non-hydrogen) atoms. The monoisotopic (exact) mass is 314 g/mol. The largest absolute Gasteiger partial charge is 0.493 e. The van der Waals surface area contributed by atoms with Gasteiger partial charge >= 0.3 is 6.61 Å². The van der Waals surface area contributed by atoms with Crippen LogP contribution in [0.2, 0.25) is 0 Å². The molecular weight excluding hydrogens is 290 g/mol. The van der Waals surface area contributed by atoms with Gasteiger partial charge in [0.15, 0.2) is 11.5 Å². The molecule has 1 heterocycles. The Morgan fingerprint density at radius 2 is 2.18 bits per heavy atom. The van der Waals surface area contributed by atoms with E-state index in [1.807, 2.05) is 6.07 Å². The van der Waals surface area contributed by atoms with E-state index in [1.165, 1.54) is 13.5 Å². The first-order valence-electron chi connectivity index (χ1n) is 7.67. The van der Waals surface area contributed by atoms with Crippen LogP contribution in [0.1, 0.15) is 18.9 Å². The molecule has 0 aromatic heterocycles. The summed E-state index contributed by atoms with van der Waals surface area (Å²) in [5.41, 5.74) is 0.904. The van der Waals surface area contributed by atoms with E-state index in [0.717, 1.165) is 31.7 Å². The summed E-state index contributed by atoms with van der Waals surface area (Å²) in [6.07, 6.45) is 1.21. The van der Waals surface area contributed by atoms with E-state index in [4.69, 9.17) is 4.74 Å². The van der Waals surface area contributed by atoms with Gasteiger partial charge in [0.05, 0.1) is 7.11 Å². The summed E-state index contributed by atoms with van der Waals surface area (Å²) in [6.45, 7) is 4.29. The van der Waals surface area contributed by atoms with E-state index in [9.17, 15) is 8.78 Å². The number of ether oxygens (including phenoxy) is 2. The van der Waals surface area contributed by atoms with Gasteiger partial charge in [-0.25, -0.2) is 0 Å². The maximum absolute atomic E-state index is 12.4. The molecule has 4 nitrogen and oxygen atoms in total. The second kappa shape index (κ2) is 8.29. The number of hydrogen-bond acceptors (Lipinski definition) is 4. The van der Waals surface area contributed by atoms with Crippen molar-refractivity contribution in [3.63, 3.8) is 0 Å². The first-order chi connectivity index (χ1) is 10.6. The standard InChI is InChI=1S/C16H24F2N2O2/c1-3-20-7-6-13(11-20)10-19-9-12-4-5-14(21-2)15(8-12)22-16(17)18/h4-5,8,13,16,19H,3,6-7,9-11H2,1-2H3. The number of halogens is 2. The molecule has 6 heteroatoms. The average Bonchev–Trinajstić information content (AvgIpc) is 2.95. The third-order valence-corrected chi connectivity index (χ3v) is 4.02. The molecule has 0 spiro atoms. The van der Waals surface area contributed by atoms with Crippen molar-refractivity contribution in [1.82, 2.24) is 10.2 Å². The lowest BCUT2D eigenvalue weighted by Crippen LogP contribution is -2.26. The zero-order valence-corrected chi connectivity index (χ0v) is 13.1. The highest BCUT2D eigenvalue weighted by atomic mass is 19.3. The van der Waals surface area contributed by atoms with Crippen LogP contribution in [0.25, 0.3) is 0 Å². The molecule has 1 aromatic rings. The Morgan fingerprint density at radius 3 is 2.82 bits per heavy atom. The van der Waals surface area contributed by atoms with Gasteiger partial charge in [0.1, 0.15) is 0 Å². The van der Waals surface area contributed by atoms with Crippen molar-refractivity contribution >= 4 is 0 Å². The van der Waals surface area contributed by atoms with Gasteiger partial charge in [-0.3, -0.25) is 0 Å². The second-order valence-corrected chi connectivity index (χ2v) is 5.54. The molecule has 1 aliphatic heterocycles. The number of benzene rings is 1. The summed E-state index contributed by atoms with van der Waals surface area (Å²) < 4.78 is 34.3. The molecule has 0 aliphatic carbocycles. The van der Waals surface area contributed by atoms with E-state index in [1.54, 1.807) is 12.1 Å². The molecule has 1 aromatic carbocycles. The third kappa shape index (κ3) is 4.81. The van der Waals surface area contributed by atoms with Crippen molar-refractivity contribution in [1.29, 1.82) is 0 Å². The first-order valence-corrected chi connectivity index (χ1v) is 7.67. The molecular formula is C16H24F2N2O2. The minimum atomic E-state index is -2.85. The minimum Gasteiger partial charge on any atom is -0.493 e. The van der Waals surface area contributed by atoms with Crippen LogP contribution in [0, 0.1) is 5.92 Å². The predicted octanol–water partition coefficient (Wildman–Crippen LogP) is 2.73. The van der Waals surface area contributed by atoms with Gasteiger partial charge < -0.3 is 19.7 Å². The lowest BCUT2D eigenvalue weighted by Gasteiger charge is -2.15. The second-order valence-electron chi connectivity index (χ2n) is 5.54. The topological polar surface area (TPSA) is 33.7 Å². The van der Waals surface area contributed by atoms with Crippen molar-refractivity contribution in [2.75, 3.05) is 33.3 Å². The Hall–Kier alpha value is -1.40. The summed E-state index contributed by atoms with van der Waals surface area (Å²) in [5.74, 6) is 1.06. The maximum Gasteiger partial charge on any atom is 0.387 e. The molecule has 1 saturated heterocycles. The van der Waals surface area contributed by atoms with Crippen molar-refractivity contribution in [2.24, 2.45) is 5.92 Å². The highest BCUT2D eigenvalue weighted by molar-refractivity contribution is 5.42. The number of hydrogen-bond donors (Lipinski definition) is 1. The first kappa shape index (κ1) is 17.0. The summed E-state index contributed by atoms with van der Waals surface area (Å²) in [5, 5.41) is 3.40. The molecule has 1 N–H and O–H groups in total. The summed E-state index contributed by atoms with van der Waals surface area (Å²) in [7, 11) is 1.44. The van der Waals surface area contributed by atoms with Crippen LogP contribution in [0.4, 0.5) is 8.78 Å². The van der Waals surface area contributed by atoms with Crippen LogP contribution in [-0.2, 0) is 6.54 Å². The van der Waals surface area contributed by atoms with Gasteiger partial charge in [0.2, 0.25) is 0 Å². The van der Waals surface area contributed by atoms with Gasteiger partial charge in [0.25, 0.3) is 0 Å². The summed E-state index contributed by atoms with van der Waals surface area (Å²) >= 11 is 0. The smallest absolute Gasteiger partial charge is 0.387 e. The maximum atomic E-state index is 12.4. The van der Waals surface area contributed by atoms with Crippen molar-refractivity contribution in [2.45, 2.75) is 26.5 Å². The van der Waals surface area contributed by atoms with Crippen LogP contribution in [0.5, 0.6) is 11.5 Å². The summed E-state index contributed by atoms with van der Waals surface area (Å²) in [4.78, 5) is 2.44.